The van der Waals surface area contributed by atoms with Gasteiger partial charge in [-0.25, -0.2) is 0 Å². The first-order chi connectivity index (χ1) is 10.1. The van der Waals surface area contributed by atoms with Crippen molar-refractivity contribution in [3.05, 3.63) is 35.4 Å². The van der Waals surface area contributed by atoms with Crippen LogP contribution < -0.4 is 15.8 Å². The Morgan fingerprint density at radius 2 is 2.14 bits per heavy atom. The van der Waals surface area contributed by atoms with E-state index in [0.29, 0.717) is 23.0 Å². The number of anilines is 2. The molecule has 2 aromatic rings. The summed E-state index contributed by atoms with van der Waals surface area (Å²) >= 11 is 0. The molecule has 0 fully saturated rings. The van der Waals surface area contributed by atoms with Crippen LogP contribution in [0.4, 0.5) is 11.8 Å². The molecule has 6 nitrogen and oxygen atoms in total. The summed E-state index contributed by atoms with van der Waals surface area (Å²) in [5.41, 5.74) is 7.13. The van der Waals surface area contributed by atoms with E-state index >= 15 is 0 Å². The first-order valence-electron chi connectivity index (χ1n) is 6.69. The Morgan fingerprint density at radius 3 is 2.86 bits per heavy atom. The monoisotopic (exact) mass is 283 g/mol. The van der Waals surface area contributed by atoms with E-state index in [1.807, 2.05) is 13.0 Å². The van der Waals surface area contributed by atoms with Gasteiger partial charge in [-0.05, 0) is 31.0 Å². The molecule has 108 valence electrons. The van der Waals surface area contributed by atoms with Crippen molar-refractivity contribution in [2.45, 2.75) is 20.3 Å². The highest BCUT2D eigenvalue weighted by molar-refractivity contribution is 5.47. The molecule has 0 bridgehead atoms. The van der Waals surface area contributed by atoms with E-state index in [1.165, 1.54) is 0 Å². The third-order valence-electron chi connectivity index (χ3n) is 2.81. The molecule has 0 aliphatic rings. The molecule has 0 saturated carbocycles. The minimum absolute atomic E-state index is 0.139. The maximum absolute atomic E-state index is 8.94. The molecule has 1 aromatic heterocycles. The Balaban J connectivity index is 2.27. The second kappa shape index (κ2) is 6.57. The molecule has 0 unspecified atom stereocenters. The summed E-state index contributed by atoms with van der Waals surface area (Å²) in [6.45, 7) is 4.75. The van der Waals surface area contributed by atoms with Crippen molar-refractivity contribution in [1.29, 1.82) is 5.26 Å². The number of rotatable bonds is 5. The van der Waals surface area contributed by atoms with Crippen LogP contribution >= 0.6 is 0 Å². The number of hydrogen-bond donors (Lipinski definition) is 2. The molecule has 2 rings (SSSR count). The maximum Gasteiger partial charge on any atom is 0.226 e. The third kappa shape index (κ3) is 3.83. The number of hydrogen-bond acceptors (Lipinski definition) is 6. The number of benzene rings is 1. The Hall–Kier alpha value is -2.81. The summed E-state index contributed by atoms with van der Waals surface area (Å²) in [5.74, 6) is 1.68. The molecule has 0 atom stereocenters. The molecule has 1 aromatic carbocycles. The van der Waals surface area contributed by atoms with E-state index in [2.05, 4.69) is 28.3 Å². The minimum atomic E-state index is 0.139. The number of aryl methyl sites for hydroxylation is 1. The Labute approximate surface area is 123 Å². The molecule has 0 radical (unpaired) electrons. The summed E-state index contributed by atoms with van der Waals surface area (Å²) < 4.78 is 5.73. The van der Waals surface area contributed by atoms with Gasteiger partial charge in [0.15, 0.2) is 0 Å². The molecular weight excluding hydrogens is 266 g/mol. The summed E-state index contributed by atoms with van der Waals surface area (Å²) in [7, 11) is 0. The molecule has 0 aliphatic heterocycles. The van der Waals surface area contributed by atoms with Crippen molar-refractivity contribution in [1.82, 2.24) is 9.97 Å². The quantitative estimate of drug-likeness (QED) is 0.875. The average Bonchev–Trinajstić information content (AvgIpc) is 2.47. The molecule has 1 heterocycles. The van der Waals surface area contributed by atoms with Crippen LogP contribution in [0.5, 0.6) is 11.6 Å². The van der Waals surface area contributed by atoms with Crippen LogP contribution in [0.3, 0.4) is 0 Å². The number of nitrogens with two attached hydrogens (primary N) is 1. The topological polar surface area (TPSA) is 96.8 Å². The lowest BCUT2D eigenvalue weighted by atomic mass is 10.1. The number of nitrogens with one attached hydrogen (secondary N) is 1. The Bertz CT molecular complexity index is 678. The lowest BCUT2D eigenvalue weighted by molar-refractivity contribution is 0.459. The van der Waals surface area contributed by atoms with Gasteiger partial charge in [0, 0.05) is 12.6 Å². The highest BCUT2D eigenvalue weighted by Crippen LogP contribution is 2.26. The highest BCUT2D eigenvalue weighted by atomic mass is 16.5. The fourth-order valence-corrected chi connectivity index (χ4v) is 1.73. The lowest BCUT2D eigenvalue weighted by Crippen LogP contribution is -2.05. The van der Waals surface area contributed by atoms with Gasteiger partial charge in [0.2, 0.25) is 11.8 Å². The molecular formula is C15H17N5O. The van der Waals surface area contributed by atoms with E-state index < -0.39 is 0 Å². The van der Waals surface area contributed by atoms with Gasteiger partial charge in [0.25, 0.3) is 0 Å². The van der Waals surface area contributed by atoms with Crippen LogP contribution in [-0.2, 0) is 0 Å². The lowest BCUT2D eigenvalue weighted by Gasteiger charge is -2.10. The molecule has 0 saturated heterocycles. The molecule has 21 heavy (non-hydrogen) atoms. The van der Waals surface area contributed by atoms with E-state index in [9.17, 15) is 0 Å². The van der Waals surface area contributed by atoms with Gasteiger partial charge in [-0.1, -0.05) is 13.0 Å². The van der Waals surface area contributed by atoms with Gasteiger partial charge in [-0.3, -0.25) is 0 Å². The second-order valence-electron chi connectivity index (χ2n) is 4.57. The van der Waals surface area contributed by atoms with E-state index in [1.54, 1.807) is 18.2 Å². The van der Waals surface area contributed by atoms with Gasteiger partial charge in [0.1, 0.15) is 11.6 Å². The SMILES string of the molecule is CCCNc1cc(Oc2cc(C#N)ccc2C)nc(N)n1. The number of nitrogen functional groups attached to an aromatic ring is 1. The van der Waals surface area contributed by atoms with Crippen LogP contribution in [-0.4, -0.2) is 16.5 Å². The van der Waals surface area contributed by atoms with Gasteiger partial charge < -0.3 is 15.8 Å². The number of ether oxygens (including phenoxy) is 1. The summed E-state index contributed by atoms with van der Waals surface area (Å²) in [4.78, 5) is 8.15. The van der Waals surface area contributed by atoms with Crippen molar-refractivity contribution in [2.24, 2.45) is 0 Å². The van der Waals surface area contributed by atoms with Gasteiger partial charge in [-0.2, -0.15) is 15.2 Å². The molecule has 6 heteroatoms. The number of aromatic nitrogens is 2. The maximum atomic E-state index is 8.94. The van der Waals surface area contributed by atoms with Crippen LogP contribution in [0.1, 0.15) is 24.5 Å². The molecule has 0 aliphatic carbocycles. The largest absolute Gasteiger partial charge is 0.438 e. The van der Waals surface area contributed by atoms with Crippen molar-refractivity contribution >= 4 is 11.8 Å². The standard InChI is InChI=1S/C15H17N5O/c1-3-6-18-13-8-14(20-15(17)19-13)21-12-7-11(9-16)5-4-10(12)2/h4-5,7-8H,3,6H2,1-2H3,(H3,17,18,19,20). The van der Waals surface area contributed by atoms with Crippen LogP contribution in [0.15, 0.2) is 24.3 Å². The molecule has 0 amide bonds. The van der Waals surface area contributed by atoms with Gasteiger partial charge in [-0.15, -0.1) is 0 Å². The van der Waals surface area contributed by atoms with Crippen molar-refractivity contribution < 1.29 is 4.74 Å². The summed E-state index contributed by atoms with van der Waals surface area (Å²) in [5, 5.41) is 12.1. The van der Waals surface area contributed by atoms with Crippen molar-refractivity contribution in [3.63, 3.8) is 0 Å². The zero-order valence-corrected chi connectivity index (χ0v) is 12.1. The van der Waals surface area contributed by atoms with E-state index in [4.69, 9.17) is 15.7 Å². The van der Waals surface area contributed by atoms with E-state index in [0.717, 1.165) is 18.5 Å². The first-order valence-corrected chi connectivity index (χ1v) is 6.69. The van der Waals surface area contributed by atoms with Crippen molar-refractivity contribution in [3.8, 4) is 17.7 Å². The Morgan fingerprint density at radius 1 is 1.33 bits per heavy atom. The van der Waals surface area contributed by atoms with Crippen LogP contribution in [0.2, 0.25) is 0 Å². The van der Waals surface area contributed by atoms with Gasteiger partial charge >= 0.3 is 0 Å². The zero-order valence-electron chi connectivity index (χ0n) is 12.1. The van der Waals surface area contributed by atoms with Crippen LogP contribution in [0.25, 0.3) is 0 Å². The fourth-order valence-electron chi connectivity index (χ4n) is 1.73. The number of nitriles is 1. The minimum Gasteiger partial charge on any atom is -0.438 e. The normalized spacial score (nSPS) is 9.95. The van der Waals surface area contributed by atoms with E-state index in [-0.39, 0.29) is 5.95 Å². The molecule has 3 N–H and O–H groups in total. The van der Waals surface area contributed by atoms with Crippen molar-refractivity contribution in [2.75, 3.05) is 17.6 Å². The number of nitrogens with zero attached hydrogens (tertiary/aromatic N) is 3. The smallest absolute Gasteiger partial charge is 0.226 e. The predicted octanol–water partition coefficient (Wildman–Crippen LogP) is 2.85. The highest BCUT2D eigenvalue weighted by Gasteiger charge is 2.07. The molecule has 0 spiro atoms. The van der Waals surface area contributed by atoms with Crippen LogP contribution in [0, 0.1) is 18.3 Å². The summed E-state index contributed by atoms with van der Waals surface area (Å²) in [6, 6.07) is 9.01. The average molecular weight is 283 g/mol. The Kier molecular flexibility index (Phi) is 4.57. The third-order valence-corrected chi connectivity index (χ3v) is 2.81. The zero-order chi connectivity index (χ0) is 15.2. The summed E-state index contributed by atoms with van der Waals surface area (Å²) in [6.07, 6.45) is 0.976. The van der Waals surface area contributed by atoms with Gasteiger partial charge in [0.05, 0.1) is 11.6 Å². The second-order valence-corrected chi connectivity index (χ2v) is 4.57. The predicted molar refractivity (Wildman–Crippen MR) is 81.2 cm³/mol. The first kappa shape index (κ1) is 14.6. The fraction of sp³-hybridized carbons (Fsp3) is 0.267.